The molecule has 12 nitrogen and oxygen atoms in total. The number of hydrogen-bond acceptors (Lipinski definition) is 11. The lowest BCUT2D eigenvalue weighted by Crippen LogP contribution is -2.23. The third kappa shape index (κ3) is 6.77. The van der Waals surface area contributed by atoms with Gasteiger partial charge in [-0.05, 0) is 44.2 Å². The van der Waals surface area contributed by atoms with Crippen LogP contribution < -0.4 is 10.1 Å². The van der Waals surface area contributed by atoms with E-state index < -0.39 is 22.8 Å². The number of rotatable bonds is 10. The van der Waals surface area contributed by atoms with Crippen molar-refractivity contribution in [1.82, 2.24) is 4.57 Å². The van der Waals surface area contributed by atoms with E-state index in [9.17, 15) is 29.3 Å². The molecule has 1 aromatic carbocycles. The van der Waals surface area contributed by atoms with Crippen LogP contribution in [-0.4, -0.2) is 58.5 Å². The van der Waals surface area contributed by atoms with Crippen molar-refractivity contribution < 1.29 is 33.6 Å². The summed E-state index contributed by atoms with van der Waals surface area (Å²) in [5.41, 5.74) is 1.72. The lowest BCUT2D eigenvalue weighted by molar-refractivity contribution is -0.384. The Balaban J connectivity index is 1.46. The first kappa shape index (κ1) is 29.4. The molecule has 1 aliphatic rings. The number of thiazole rings is 1. The molecule has 2 amide bonds. The Morgan fingerprint density at radius 2 is 1.95 bits per heavy atom. The number of esters is 2. The van der Waals surface area contributed by atoms with E-state index in [4.69, 9.17) is 9.47 Å². The first-order valence-electron chi connectivity index (χ1n) is 12.3. The number of anilines is 1. The van der Waals surface area contributed by atoms with Gasteiger partial charge in [0, 0.05) is 17.0 Å². The Morgan fingerprint density at radius 3 is 2.67 bits per heavy atom. The topological polar surface area (TPSA) is 159 Å². The van der Waals surface area contributed by atoms with Gasteiger partial charge >= 0.3 is 11.9 Å². The number of non-ortho nitro benzene ring substituents is 1. The molecule has 1 N–H and O–H groups in total. The highest BCUT2D eigenvalue weighted by molar-refractivity contribution is 8.00. The summed E-state index contributed by atoms with van der Waals surface area (Å²) in [5, 5.41) is 14.4. The first-order valence-corrected chi connectivity index (χ1v) is 15.1. The van der Waals surface area contributed by atoms with Gasteiger partial charge in [0.2, 0.25) is 5.91 Å². The average molecular weight is 607 g/mol. The molecule has 0 spiro atoms. The number of fused-ring (bicyclic) bond motifs is 2. The molecule has 0 bridgehead atoms. The zero-order chi connectivity index (χ0) is 28.8. The highest BCUT2D eigenvalue weighted by atomic mass is 32.2. The van der Waals surface area contributed by atoms with Crippen molar-refractivity contribution in [2.45, 2.75) is 39.2 Å². The first-order chi connectivity index (χ1) is 19.2. The van der Waals surface area contributed by atoms with Gasteiger partial charge in [0.05, 0.1) is 45.9 Å². The Kier molecular flexibility index (Phi) is 9.71. The van der Waals surface area contributed by atoms with Crippen LogP contribution in [0.1, 0.15) is 40.6 Å². The maximum atomic E-state index is 12.7. The lowest BCUT2D eigenvalue weighted by Gasteiger charge is -2.11. The molecule has 40 heavy (non-hydrogen) atoms. The number of nitro benzene ring substituents is 1. The van der Waals surface area contributed by atoms with Crippen molar-refractivity contribution in [2.24, 2.45) is 4.99 Å². The molecule has 3 aromatic rings. The quantitative estimate of drug-likeness (QED) is 0.206. The lowest BCUT2D eigenvalue weighted by atomic mass is 9.95. The number of carbonyl (C=O) groups is 4. The Hall–Kier alpha value is -3.56. The number of nitro groups is 1. The van der Waals surface area contributed by atoms with E-state index in [1.165, 1.54) is 41.2 Å². The van der Waals surface area contributed by atoms with Crippen LogP contribution in [0.5, 0.6) is 0 Å². The zero-order valence-electron chi connectivity index (χ0n) is 21.7. The van der Waals surface area contributed by atoms with Gasteiger partial charge in [-0.1, -0.05) is 11.3 Å². The van der Waals surface area contributed by atoms with Crippen molar-refractivity contribution in [1.29, 1.82) is 0 Å². The third-order valence-electron chi connectivity index (χ3n) is 5.96. The van der Waals surface area contributed by atoms with Crippen LogP contribution in [0.2, 0.25) is 0 Å². The Bertz CT molecular complexity index is 1560. The largest absolute Gasteiger partial charge is 0.465 e. The summed E-state index contributed by atoms with van der Waals surface area (Å²) < 4.78 is 11.9. The van der Waals surface area contributed by atoms with Gasteiger partial charge in [-0.3, -0.25) is 24.5 Å². The smallest absolute Gasteiger partial charge is 0.341 e. The number of methoxy groups -OCH3 is 1. The molecular formula is C25H26N4O8S3. The van der Waals surface area contributed by atoms with Crippen molar-refractivity contribution >= 4 is 79.1 Å². The highest BCUT2D eigenvalue weighted by Gasteiger charge is 2.27. The SMILES string of the molecule is CCOC(=O)Cn1c(=NC(=O)CSCC(=O)Nc2sc3c(c2C(=O)OC)CCCC3)sc2cc([N+](=O)[O-])ccc21. The van der Waals surface area contributed by atoms with Crippen LogP contribution in [0, 0.1) is 10.1 Å². The van der Waals surface area contributed by atoms with Crippen LogP contribution in [-0.2, 0) is 43.2 Å². The minimum absolute atomic E-state index is 0.0497. The number of benzene rings is 1. The minimum Gasteiger partial charge on any atom is -0.465 e. The maximum absolute atomic E-state index is 12.7. The molecular weight excluding hydrogens is 580 g/mol. The number of aromatic nitrogens is 1. The second-order valence-corrected chi connectivity index (χ2v) is 11.7. The normalized spacial score (nSPS) is 13.1. The van der Waals surface area contributed by atoms with E-state index in [1.54, 1.807) is 6.92 Å². The van der Waals surface area contributed by atoms with Crippen LogP contribution >= 0.6 is 34.4 Å². The van der Waals surface area contributed by atoms with Gasteiger partial charge < -0.3 is 19.4 Å². The number of carbonyl (C=O) groups excluding carboxylic acids is 4. The van der Waals surface area contributed by atoms with Crippen molar-refractivity contribution in [2.75, 3.05) is 30.5 Å². The van der Waals surface area contributed by atoms with Gasteiger partial charge in [-0.25, -0.2) is 4.79 Å². The Labute approximate surface area is 240 Å². The summed E-state index contributed by atoms with van der Waals surface area (Å²) in [6, 6.07) is 4.17. The molecule has 15 heteroatoms. The second-order valence-electron chi connectivity index (χ2n) is 8.64. The third-order valence-corrected chi connectivity index (χ3v) is 9.13. The summed E-state index contributed by atoms with van der Waals surface area (Å²) in [6.45, 7) is 1.62. The molecule has 212 valence electrons. The molecule has 1 aliphatic carbocycles. The number of hydrogen-bond donors (Lipinski definition) is 1. The number of aryl methyl sites for hydroxylation is 1. The maximum Gasteiger partial charge on any atom is 0.341 e. The average Bonchev–Trinajstić information content (AvgIpc) is 3.45. The predicted octanol–water partition coefficient (Wildman–Crippen LogP) is 3.70. The number of nitrogens with zero attached hydrogens (tertiary/aromatic N) is 3. The molecule has 0 unspecified atom stereocenters. The van der Waals surface area contributed by atoms with E-state index in [2.05, 4.69) is 10.3 Å². The Morgan fingerprint density at radius 1 is 1.18 bits per heavy atom. The summed E-state index contributed by atoms with van der Waals surface area (Å²) >= 11 is 3.47. The van der Waals surface area contributed by atoms with Crippen molar-refractivity contribution in [3.63, 3.8) is 0 Å². The molecule has 4 rings (SSSR count). The minimum atomic E-state index is -0.543. The standard InChI is InChI=1S/C25H26N4O8S3/c1-3-37-21(32)11-28-16-9-8-14(29(34)35)10-18(16)40-25(28)27-20(31)13-38-12-19(30)26-23-22(24(33)36-2)15-6-4-5-7-17(15)39-23/h8-10H,3-7,11-13H2,1-2H3,(H,26,30). The monoisotopic (exact) mass is 606 g/mol. The molecule has 0 saturated carbocycles. The van der Waals surface area contributed by atoms with Gasteiger partial charge in [-0.2, -0.15) is 4.99 Å². The van der Waals surface area contributed by atoms with E-state index in [1.807, 2.05) is 0 Å². The van der Waals surface area contributed by atoms with Crippen LogP contribution in [0.4, 0.5) is 10.7 Å². The van der Waals surface area contributed by atoms with E-state index in [0.29, 0.717) is 20.8 Å². The number of thioether (sulfide) groups is 1. The van der Waals surface area contributed by atoms with Crippen LogP contribution in [0.3, 0.4) is 0 Å². The molecule has 0 radical (unpaired) electrons. The zero-order valence-corrected chi connectivity index (χ0v) is 24.2. The van der Waals surface area contributed by atoms with E-state index >= 15 is 0 Å². The number of ether oxygens (including phenoxy) is 2. The second kappa shape index (κ2) is 13.2. The fourth-order valence-electron chi connectivity index (χ4n) is 4.25. The molecule has 0 fully saturated rings. The summed E-state index contributed by atoms with van der Waals surface area (Å²) in [4.78, 5) is 65.9. The van der Waals surface area contributed by atoms with Crippen LogP contribution in [0.15, 0.2) is 23.2 Å². The molecule has 2 aromatic heterocycles. The van der Waals surface area contributed by atoms with Crippen LogP contribution in [0.25, 0.3) is 10.2 Å². The van der Waals surface area contributed by atoms with Gasteiger partial charge in [-0.15, -0.1) is 23.1 Å². The fourth-order valence-corrected chi connectivity index (χ4v) is 7.23. The van der Waals surface area contributed by atoms with Gasteiger partial charge in [0.25, 0.3) is 11.6 Å². The summed E-state index contributed by atoms with van der Waals surface area (Å²) in [5.74, 6) is -2.10. The molecule has 2 heterocycles. The fraction of sp³-hybridized carbons (Fsp3) is 0.400. The number of thiophene rings is 1. The van der Waals surface area contributed by atoms with Gasteiger partial charge in [0.1, 0.15) is 11.5 Å². The number of amides is 2. The molecule has 0 aliphatic heterocycles. The van der Waals surface area contributed by atoms with Gasteiger partial charge in [0.15, 0.2) is 4.80 Å². The molecule has 0 saturated heterocycles. The predicted molar refractivity (Wildman–Crippen MR) is 152 cm³/mol. The molecule has 0 atom stereocenters. The number of nitrogens with one attached hydrogen (secondary N) is 1. The summed E-state index contributed by atoms with van der Waals surface area (Å²) in [7, 11) is 1.31. The highest BCUT2D eigenvalue weighted by Crippen LogP contribution is 2.38. The van der Waals surface area contributed by atoms with E-state index in [-0.39, 0.29) is 41.1 Å². The van der Waals surface area contributed by atoms with E-state index in [0.717, 1.165) is 59.2 Å². The summed E-state index contributed by atoms with van der Waals surface area (Å²) in [6.07, 6.45) is 3.61. The van der Waals surface area contributed by atoms with Crippen molar-refractivity contribution in [3.8, 4) is 0 Å². The van der Waals surface area contributed by atoms with Crippen molar-refractivity contribution in [3.05, 3.63) is 49.1 Å².